The maximum Gasteiger partial charge on any atom is 0.320 e. The second kappa shape index (κ2) is 6.39. The van der Waals surface area contributed by atoms with Gasteiger partial charge in [0, 0.05) is 19.4 Å². The summed E-state index contributed by atoms with van der Waals surface area (Å²) in [5, 5.41) is 4.93. The predicted octanol–water partition coefficient (Wildman–Crippen LogP) is 2.09. The van der Waals surface area contributed by atoms with Crippen LogP contribution in [-0.2, 0) is 11.2 Å². The average Bonchev–Trinajstić information content (AvgIpc) is 3.06. The fourth-order valence-electron chi connectivity index (χ4n) is 2.81. The SMILES string of the molecule is O=C(NCCc1nc2ccccc2n1C(F)F)C1CC(F)(F)CN1. The number of carbonyl (C=O) groups is 1. The highest BCUT2D eigenvalue weighted by atomic mass is 19.3. The number of halogens is 4. The van der Waals surface area contributed by atoms with E-state index in [1.54, 1.807) is 24.3 Å². The van der Waals surface area contributed by atoms with Crippen LogP contribution < -0.4 is 10.6 Å². The van der Waals surface area contributed by atoms with Gasteiger partial charge in [-0.05, 0) is 12.1 Å². The van der Waals surface area contributed by atoms with Crippen LogP contribution in [-0.4, -0.2) is 40.5 Å². The number of alkyl halides is 4. The highest BCUT2D eigenvalue weighted by Gasteiger charge is 2.42. The minimum Gasteiger partial charge on any atom is -0.354 e. The van der Waals surface area contributed by atoms with E-state index in [4.69, 9.17) is 0 Å². The molecular weight excluding hydrogens is 328 g/mol. The number of carbonyl (C=O) groups excluding carboxylic acids is 1. The van der Waals surface area contributed by atoms with Crippen LogP contribution in [0.1, 0.15) is 18.8 Å². The Kier molecular flexibility index (Phi) is 4.44. The number of hydrogen-bond donors (Lipinski definition) is 2. The molecular formula is C15H16F4N4O. The number of imidazole rings is 1. The minimum atomic E-state index is -2.90. The summed E-state index contributed by atoms with van der Waals surface area (Å²) in [6.07, 6.45) is -0.484. The van der Waals surface area contributed by atoms with E-state index in [0.29, 0.717) is 11.0 Å². The number of fused-ring (bicyclic) bond motifs is 1. The first-order valence-electron chi connectivity index (χ1n) is 7.50. The molecule has 3 rings (SSSR count). The Hall–Kier alpha value is -2.16. The van der Waals surface area contributed by atoms with Crippen LogP contribution in [0.3, 0.4) is 0 Å². The van der Waals surface area contributed by atoms with Gasteiger partial charge in [-0.25, -0.2) is 13.8 Å². The van der Waals surface area contributed by atoms with Gasteiger partial charge in [-0.3, -0.25) is 14.7 Å². The molecule has 24 heavy (non-hydrogen) atoms. The molecule has 0 aliphatic carbocycles. The number of nitrogens with zero attached hydrogens (tertiary/aromatic N) is 2. The van der Waals surface area contributed by atoms with Crippen LogP contribution in [0.25, 0.3) is 11.0 Å². The van der Waals surface area contributed by atoms with Crippen molar-refractivity contribution in [1.82, 2.24) is 20.2 Å². The second-order valence-corrected chi connectivity index (χ2v) is 5.70. The van der Waals surface area contributed by atoms with Crippen molar-refractivity contribution in [3.8, 4) is 0 Å². The second-order valence-electron chi connectivity index (χ2n) is 5.70. The third-order valence-corrected chi connectivity index (χ3v) is 3.94. The minimum absolute atomic E-state index is 0.0403. The topological polar surface area (TPSA) is 59.0 Å². The maximum absolute atomic E-state index is 13.3. The molecule has 1 unspecified atom stereocenters. The van der Waals surface area contributed by atoms with Gasteiger partial charge in [-0.1, -0.05) is 12.1 Å². The van der Waals surface area contributed by atoms with Crippen molar-refractivity contribution in [2.45, 2.75) is 31.4 Å². The van der Waals surface area contributed by atoms with Crippen molar-refractivity contribution < 1.29 is 22.4 Å². The summed E-state index contributed by atoms with van der Waals surface area (Å²) in [6, 6.07) is 5.54. The maximum atomic E-state index is 13.3. The van der Waals surface area contributed by atoms with Crippen LogP contribution >= 0.6 is 0 Å². The summed E-state index contributed by atoms with van der Waals surface area (Å²) in [6.45, 7) is -3.25. The van der Waals surface area contributed by atoms with Gasteiger partial charge in [0.2, 0.25) is 5.91 Å². The van der Waals surface area contributed by atoms with Crippen LogP contribution in [0.4, 0.5) is 17.6 Å². The highest BCUT2D eigenvalue weighted by Crippen LogP contribution is 2.25. The predicted molar refractivity (Wildman–Crippen MR) is 79.1 cm³/mol. The molecule has 1 amide bonds. The first kappa shape index (κ1) is 16.7. The van der Waals surface area contributed by atoms with Gasteiger partial charge in [-0.15, -0.1) is 0 Å². The lowest BCUT2D eigenvalue weighted by molar-refractivity contribution is -0.123. The summed E-state index contributed by atoms with van der Waals surface area (Å²) in [7, 11) is 0. The molecule has 9 heteroatoms. The van der Waals surface area contributed by atoms with Crippen molar-refractivity contribution in [3.63, 3.8) is 0 Å². The molecule has 0 spiro atoms. The molecule has 2 N–H and O–H groups in total. The number of aromatic nitrogens is 2. The molecule has 0 saturated carbocycles. The van der Waals surface area contributed by atoms with Crippen LogP contribution in [0.2, 0.25) is 0 Å². The number of hydrogen-bond acceptors (Lipinski definition) is 3. The van der Waals surface area contributed by atoms with E-state index in [1.807, 2.05) is 0 Å². The molecule has 1 saturated heterocycles. The molecule has 1 aliphatic rings. The molecule has 0 radical (unpaired) electrons. The van der Waals surface area contributed by atoms with Crippen LogP contribution in [0, 0.1) is 0 Å². The van der Waals surface area contributed by atoms with Crippen molar-refractivity contribution >= 4 is 16.9 Å². The van der Waals surface area contributed by atoms with Gasteiger partial charge in [0.05, 0.1) is 23.6 Å². The molecule has 130 valence electrons. The lowest BCUT2D eigenvalue weighted by Gasteiger charge is -2.12. The standard InChI is InChI=1S/C15H16F4N4O/c16-14(17)23-11-4-2-1-3-9(11)22-12(23)5-6-20-13(24)10-7-15(18,19)8-21-10/h1-4,10,14,21H,5-8H2,(H,20,24). The Morgan fingerprint density at radius 3 is 2.83 bits per heavy atom. The van der Waals surface area contributed by atoms with Gasteiger partial charge in [0.25, 0.3) is 5.92 Å². The van der Waals surface area contributed by atoms with Gasteiger partial charge in [-0.2, -0.15) is 8.78 Å². The Morgan fingerprint density at radius 1 is 1.42 bits per heavy atom. The number of rotatable bonds is 5. The number of amides is 1. The van der Waals surface area contributed by atoms with Gasteiger partial charge >= 0.3 is 6.55 Å². The van der Waals surface area contributed by atoms with Crippen molar-refractivity contribution in [3.05, 3.63) is 30.1 Å². The van der Waals surface area contributed by atoms with Gasteiger partial charge in [0.15, 0.2) is 0 Å². The van der Waals surface area contributed by atoms with Crippen LogP contribution in [0.5, 0.6) is 0 Å². The lowest BCUT2D eigenvalue weighted by atomic mass is 10.2. The first-order valence-corrected chi connectivity index (χ1v) is 7.50. The largest absolute Gasteiger partial charge is 0.354 e. The van der Waals surface area contributed by atoms with Crippen molar-refractivity contribution in [1.29, 1.82) is 0 Å². The third kappa shape index (κ3) is 3.35. The molecule has 2 heterocycles. The zero-order valence-corrected chi connectivity index (χ0v) is 12.6. The zero-order valence-electron chi connectivity index (χ0n) is 12.6. The normalized spacial score (nSPS) is 20.0. The fourth-order valence-corrected chi connectivity index (χ4v) is 2.81. The monoisotopic (exact) mass is 344 g/mol. The molecule has 0 bridgehead atoms. The van der Waals surface area contributed by atoms with Gasteiger partial charge < -0.3 is 5.32 Å². The van der Waals surface area contributed by atoms with Crippen molar-refractivity contribution in [2.75, 3.05) is 13.1 Å². The van der Waals surface area contributed by atoms with E-state index in [0.717, 1.165) is 4.57 Å². The number of para-hydroxylation sites is 2. The molecule has 1 atom stereocenters. The highest BCUT2D eigenvalue weighted by molar-refractivity contribution is 5.82. The van der Waals surface area contributed by atoms with E-state index >= 15 is 0 Å². The van der Waals surface area contributed by atoms with E-state index in [-0.39, 0.29) is 18.8 Å². The smallest absolute Gasteiger partial charge is 0.320 e. The quantitative estimate of drug-likeness (QED) is 0.817. The Balaban J connectivity index is 1.64. The molecule has 1 fully saturated rings. The molecule has 1 aromatic carbocycles. The molecule has 1 aliphatic heterocycles. The summed E-state index contributed by atoms with van der Waals surface area (Å²) < 4.78 is 53.4. The number of nitrogens with one attached hydrogen (secondary N) is 2. The van der Waals surface area contributed by atoms with Gasteiger partial charge in [0.1, 0.15) is 5.82 Å². The van der Waals surface area contributed by atoms with E-state index in [9.17, 15) is 22.4 Å². The summed E-state index contributed by atoms with van der Waals surface area (Å²) >= 11 is 0. The van der Waals surface area contributed by atoms with E-state index in [2.05, 4.69) is 15.6 Å². The summed E-state index contributed by atoms with van der Waals surface area (Å²) in [4.78, 5) is 16.0. The Morgan fingerprint density at radius 2 is 2.17 bits per heavy atom. The summed E-state index contributed by atoms with van der Waals surface area (Å²) in [5.41, 5.74) is 0.752. The number of benzene rings is 1. The Labute approximate surface area is 135 Å². The average molecular weight is 344 g/mol. The zero-order chi connectivity index (χ0) is 17.3. The third-order valence-electron chi connectivity index (χ3n) is 3.94. The Bertz CT molecular complexity index is 746. The van der Waals surface area contributed by atoms with E-state index < -0.39 is 37.4 Å². The molecule has 5 nitrogen and oxygen atoms in total. The van der Waals surface area contributed by atoms with Crippen molar-refractivity contribution in [2.24, 2.45) is 0 Å². The first-order chi connectivity index (χ1) is 11.4. The van der Waals surface area contributed by atoms with E-state index in [1.165, 1.54) is 0 Å². The van der Waals surface area contributed by atoms with Crippen LogP contribution in [0.15, 0.2) is 24.3 Å². The molecule has 1 aromatic heterocycles. The fraction of sp³-hybridized carbons (Fsp3) is 0.467. The molecule has 2 aromatic rings. The lowest BCUT2D eigenvalue weighted by Crippen LogP contribution is -2.41. The summed E-state index contributed by atoms with van der Waals surface area (Å²) in [5.74, 6) is -3.32.